The molecule has 18 heavy (non-hydrogen) atoms. The van der Waals surface area contributed by atoms with E-state index in [1.54, 1.807) is 6.07 Å². The minimum Gasteiger partial charge on any atom is -0.480 e. The fraction of sp³-hybridized carbons (Fsp3) is 0.333. The molecular weight excluding hydrogens is 237 g/mol. The van der Waals surface area contributed by atoms with Gasteiger partial charge in [-0.05, 0) is 24.6 Å². The topological polar surface area (TPSA) is 67.2 Å². The number of aromatic nitrogens is 2. The maximum atomic E-state index is 13.2. The van der Waals surface area contributed by atoms with E-state index in [1.165, 1.54) is 16.7 Å². The van der Waals surface area contributed by atoms with Crippen molar-refractivity contribution < 1.29 is 14.3 Å². The molecule has 5 nitrogen and oxygen atoms in total. The summed E-state index contributed by atoms with van der Waals surface area (Å²) in [6.07, 6.45) is 0.893. The Morgan fingerprint density at radius 3 is 3.00 bits per heavy atom. The highest BCUT2D eigenvalue weighted by Crippen LogP contribution is 2.20. The van der Waals surface area contributed by atoms with E-state index in [9.17, 15) is 9.18 Å². The summed E-state index contributed by atoms with van der Waals surface area (Å²) in [4.78, 5) is 15.1. The highest BCUT2D eigenvalue weighted by molar-refractivity contribution is 5.81. The monoisotopic (exact) mass is 251 g/mol. The molecule has 0 atom stereocenters. The zero-order valence-corrected chi connectivity index (χ0v) is 9.98. The molecule has 0 aliphatic rings. The lowest BCUT2D eigenvalue weighted by Crippen LogP contribution is -2.13. The Morgan fingerprint density at radius 1 is 1.56 bits per heavy atom. The Morgan fingerprint density at radius 2 is 2.33 bits per heavy atom. The number of imidazole rings is 1. The fourth-order valence-corrected chi connectivity index (χ4v) is 1.76. The average Bonchev–Trinajstić information content (AvgIpc) is 2.64. The number of hydrogen-bond acceptors (Lipinski definition) is 3. The smallest absolute Gasteiger partial charge is 0.323 e. The Hall–Kier alpha value is -2.11. The van der Waals surface area contributed by atoms with Gasteiger partial charge in [0, 0.05) is 6.54 Å². The first-order chi connectivity index (χ1) is 8.61. The molecule has 1 aromatic heterocycles. The first-order valence-electron chi connectivity index (χ1n) is 5.73. The Bertz CT molecular complexity index is 580. The second-order valence-electron chi connectivity index (χ2n) is 3.98. The van der Waals surface area contributed by atoms with Crippen LogP contribution in [0.15, 0.2) is 18.2 Å². The van der Waals surface area contributed by atoms with Gasteiger partial charge in [0.05, 0.1) is 11.0 Å². The maximum absolute atomic E-state index is 13.2. The number of nitrogens with one attached hydrogen (secondary N) is 1. The van der Waals surface area contributed by atoms with Crippen LogP contribution in [-0.4, -0.2) is 27.2 Å². The average molecular weight is 251 g/mol. The largest absolute Gasteiger partial charge is 0.480 e. The Labute approximate surface area is 103 Å². The number of hydrogen-bond donors (Lipinski definition) is 2. The van der Waals surface area contributed by atoms with E-state index in [1.807, 2.05) is 6.92 Å². The molecule has 0 amide bonds. The molecule has 0 saturated heterocycles. The van der Waals surface area contributed by atoms with Crippen LogP contribution >= 0.6 is 0 Å². The summed E-state index contributed by atoms with van der Waals surface area (Å²) in [7, 11) is 0. The molecule has 96 valence electrons. The van der Waals surface area contributed by atoms with Gasteiger partial charge in [-0.3, -0.25) is 9.36 Å². The number of benzene rings is 1. The zero-order valence-electron chi connectivity index (χ0n) is 9.98. The lowest BCUT2D eigenvalue weighted by molar-refractivity contribution is -0.137. The number of carboxylic acids is 1. The van der Waals surface area contributed by atoms with Gasteiger partial charge < -0.3 is 10.4 Å². The van der Waals surface area contributed by atoms with Gasteiger partial charge in [0.15, 0.2) is 0 Å². The van der Waals surface area contributed by atoms with Gasteiger partial charge in [0.2, 0.25) is 5.95 Å². The fourth-order valence-electron chi connectivity index (χ4n) is 1.76. The van der Waals surface area contributed by atoms with Gasteiger partial charge in [-0.2, -0.15) is 0 Å². The van der Waals surface area contributed by atoms with E-state index in [2.05, 4.69) is 10.3 Å². The molecule has 0 bridgehead atoms. The summed E-state index contributed by atoms with van der Waals surface area (Å²) in [5, 5.41) is 11.9. The normalized spacial score (nSPS) is 10.8. The lowest BCUT2D eigenvalue weighted by Gasteiger charge is -2.07. The van der Waals surface area contributed by atoms with Crippen LogP contribution in [-0.2, 0) is 11.3 Å². The second kappa shape index (κ2) is 5.03. The molecule has 1 aromatic carbocycles. The van der Waals surface area contributed by atoms with Crippen molar-refractivity contribution in [3.8, 4) is 0 Å². The third kappa shape index (κ3) is 2.42. The van der Waals surface area contributed by atoms with Crippen molar-refractivity contribution >= 4 is 23.0 Å². The first kappa shape index (κ1) is 12.3. The number of nitrogens with zero attached hydrogens (tertiary/aromatic N) is 2. The molecule has 0 saturated carbocycles. The van der Waals surface area contributed by atoms with Gasteiger partial charge in [0.1, 0.15) is 12.4 Å². The van der Waals surface area contributed by atoms with Crippen LogP contribution in [0.4, 0.5) is 10.3 Å². The van der Waals surface area contributed by atoms with Crippen LogP contribution in [0.25, 0.3) is 11.0 Å². The number of fused-ring (bicyclic) bond motifs is 1. The van der Waals surface area contributed by atoms with Crippen molar-refractivity contribution in [2.45, 2.75) is 19.9 Å². The highest BCUT2D eigenvalue weighted by atomic mass is 19.1. The molecule has 0 unspecified atom stereocenters. The van der Waals surface area contributed by atoms with E-state index in [0.29, 0.717) is 23.5 Å². The van der Waals surface area contributed by atoms with Crippen molar-refractivity contribution in [3.63, 3.8) is 0 Å². The molecule has 0 spiro atoms. The highest BCUT2D eigenvalue weighted by Gasteiger charge is 2.13. The van der Waals surface area contributed by atoms with Crippen LogP contribution < -0.4 is 5.32 Å². The summed E-state index contributed by atoms with van der Waals surface area (Å²) in [5.74, 6) is -0.936. The van der Waals surface area contributed by atoms with Crippen LogP contribution in [0.5, 0.6) is 0 Å². The van der Waals surface area contributed by atoms with E-state index in [4.69, 9.17) is 5.11 Å². The van der Waals surface area contributed by atoms with Crippen LogP contribution in [0.2, 0.25) is 0 Å². The van der Waals surface area contributed by atoms with Gasteiger partial charge in [-0.25, -0.2) is 9.37 Å². The molecule has 2 N–H and O–H groups in total. The number of carboxylic acid groups (broad SMARTS) is 1. The van der Waals surface area contributed by atoms with E-state index >= 15 is 0 Å². The standard InChI is InChI=1S/C12H14FN3O2/c1-2-5-14-12-15-9-4-3-8(13)6-10(9)16(12)7-11(17)18/h3-4,6H,2,5,7H2,1H3,(H,14,15)(H,17,18). The number of carbonyl (C=O) groups is 1. The van der Waals surface area contributed by atoms with Crippen molar-refractivity contribution in [2.24, 2.45) is 0 Å². The molecule has 1 heterocycles. The predicted octanol–water partition coefficient (Wildman–Crippen LogP) is 2.08. The summed E-state index contributed by atoms with van der Waals surface area (Å²) < 4.78 is 14.7. The minimum absolute atomic E-state index is 0.244. The first-order valence-corrected chi connectivity index (χ1v) is 5.73. The Balaban J connectivity index is 2.50. The molecule has 0 radical (unpaired) electrons. The molecule has 0 aliphatic heterocycles. The van der Waals surface area contributed by atoms with Crippen molar-refractivity contribution in [2.75, 3.05) is 11.9 Å². The van der Waals surface area contributed by atoms with Crippen LogP contribution in [0.3, 0.4) is 0 Å². The maximum Gasteiger partial charge on any atom is 0.323 e. The molecule has 2 rings (SSSR count). The summed E-state index contributed by atoms with van der Waals surface area (Å²) >= 11 is 0. The van der Waals surface area contributed by atoms with E-state index in [0.717, 1.165) is 6.42 Å². The van der Waals surface area contributed by atoms with Crippen LogP contribution in [0, 0.1) is 5.82 Å². The number of halogens is 1. The van der Waals surface area contributed by atoms with E-state index in [-0.39, 0.29) is 6.54 Å². The lowest BCUT2D eigenvalue weighted by atomic mass is 10.3. The number of aliphatic carboxylic acids is 1. The van der Waals surface area contributed by atoms with Crippen molar-refractivity contribution in [1.82, 2.24) is 9.55 Å². The third-order valence-electron chi connectivity index (χ3n) is 2.54. The molecule has 2 aromatic rings. The molecule has 6 heteroatoms. The number of rotatable bonds is 5. The predicted molar refractivity (Wildman–Crippen MR) is 66.1 cm³/mol. The van der Waals surface area contributed by atoms with Crippen molar-refractivity contribution in [3.05, 3.63) is 24.0 Å². The van der Waals surface area contributed by atoms with Crippen LogP contribution in [0.1, 0.15) is 13.3 Å². The minimum atomic E-state index is -0.988. The third-order valence-corrected chi connectivity index (χ3v) is 2.54. The molecular formula is C12H14FN3O2. The summed E-state index contributed by atoms with van der Waals surface area (Å²) in [6, 6.07) is 4.15. The molecule has 0 aliphatic carbocycles. The van der Waals surface area contributed by atoms with Gasteiger partial charge in [0.25, 0.3) is 0 Å². The molecule has 0 fully saturated rings. The Kier molecular flexibility index (Phi) is 3.45. The second-order valence-corrected chi connectivity index (χ2v) is 3.98. The van der Waals surface area contributed by atoms with Gasteiger partial charge in [-0.1, -0.05) is 6.92 Å². The quantitative estimate of drug-likeness (QED) is 0.853. The number of anilines is 1. The zero-order chi connectivity index (χ0) is 13.1. The van der Waals surface area contributed by atoms with E-state index < -0.39 is 11.8 Å². The summed E-state index contributed by atoms with van der Waals surface area (Å²) in [5.41, 5.74) is 1.06. The van der Waals surface area contributed by atoms with Crippen molar-refractivity contribution in [1.29, 1.82) is 0 Å². The SMILES string of the molecule is CCCNc1nc2ccc(F)cc2n1CC(=O)O. The van der Waals surface area contributed by atoms with Gasteiger partial charge in [-0.15, -0.1) is 0 Å². The summed E-state index contributed by atoms with van der Waals surface area (Å²) in [6.45, 7) is 2.44. The van der Waals surface area contributed by atoms with Gasteiger partial charge >= 0.3 is 5.97 Å².